The lowest BCUT2D eigenvalue weighted by Crippen LogP contribution is -1.96. The molecule has 0 atom stereocenters. The Hall–Kier alpha value is -1.88. The average molecular weight is 268 g/mol. The Balaban J connectivity index is 2.54. The van der Waals surface area contributed by atoms with E-state index in [1.807, 2.05) is 12.1 Å². The molecule has 1 heterocycles. The van der Waals surface area contributed by atoms with Crippen LogP contribution in [0.25, 0.3) is 11.3 Å². The minimum Gasteiger partial charge on any atom is -0.493 e. The number of hydrogen-bond acceptors (Lipinski definition) is 4. The molecule has 0 aliphatic heterocycles. The summed E-state index contributed by atoms with van der Waals surface area (Å²) >= 11 is 6.17. The van der Waals surface area contributed by atoms with Gasteiger partial charge in [0.2, 0.25) is 5.95 Å². The fourth-order valence-corrected chi connectivity index (χ4v) is 1.90. The maximum atomic E-state index is 6.17. The summed E-state index contributed by atoms with van der Waals surface area (Å²) in [5, 5.41) is 0.486. The van der Waals surface area contributed by atoms with Crippen LogP contribution < -0.4 is 15.2 Å². The molecule has 5 nitrogen and oxygen atoms in total. The summed E-state index contributed by atoms with van der Waals surface area (Å²) in [6, 6.07) is 5.47. The lowest BCUT2D eigenvalue weighted by Gasteiger charge is -2.08. The highest BCUT2D eigenvalue weighted by Gasteiger charge is 2.14. The molecule has 2 N–H and O–H groups in total. The second-order valence-corrected chi connectivity index (χ2v) is 4.10. The zero-order chi connectivity index (χ0) is 13.3. The molecule has 0 saturated carbocycles. The van der Waals surface area contributed by atoms with E-state index in [0.29, 0.717) is 28.3 Å². The summed E-state index contributed by atoms with van der Waals surface area (Å²) in [6.07, 6.45) is 0. The molecule has 0 aliphatic rings. The van der Waals surface area contributed by atoms with Gasteiger partial charge in [0.15, 0.2) is 11.5 Å². The molecular weight excluding hydrogens is 254 g/mol. The molecule has 96 valence electrons. The monoisotopic (exact) mass is 267 g/mol. The zero-order valence-electron chi connectivity index (χ0n) is 10.4. The molecule has 0 spiro atoms. The van der Waals surface area contributed by atoms with Crippen LogP contribution in [0.1, 0.15) is 0 Å². The van der Waals surface area contributed by atoms with Crippen LogP contribution in [0.15, 0.2) is 18.2 Å². The van der Waals surface area contributed by atoms with Crippen molar-refractivity contribution in [3.63, 3.8) is 0 Å². The highest BCUT2D eigenvalue weighted by Crippen LogP contribution is 2.35. The van der Waals surface area contributed by atoms with E-state index in [4.69, 9.17) is 26.8 Å². The van der Waals surface area contributed by atoms with Crippen molar-refractivity contribution in [2.75, 3.05) is 20.0 Å². The highest BCUT2D eigenvalue weighted by molar-refractivity contribution is 6.32. The molecule has 1 aromatic carbocycles. The first-order valence-electron chi connectivity index (χ1n) is 5.28. The molecule has 2 rings (SSSR count). The Bertz CT molecular complexity index is 581. The minimum absolute atomic E-state index is 0.366. The number of nitrogens with two attached hydrogens (primary N) is 1. The summed E-state index contributed by atoms with van der Waals surface area (Å²) in [6.45, 7) is 0. The quantitative estimate of drug-likeness (QED) is 0.927. The number of imidazole rings is 1. The first-order valence-corrected chi connectivity index (χ1v) is 5.66. The van der Waals surface area contributed by atoms with Crippen LogP contribution in [0.5, 0.6) is 11.5 Å². The van der Waals surface area contributed by atoms with Gasteiger partial charge in [-0.3, -0.25) is 0 Å². The molecule has 6 heteroatoms. The summed E-state index contributed by atoms with van der Waals surface area (Å²) < 4.78 is 12.0. The first-order chi connectivity index (χ1) is 8.58. The van der Waals surface area contributed by atoms with Gasteiger partial charge in [-0.25, -0.2) is 4.98 Å². The molecule has 1 aromatic heterocycles. The predicted octanol–water partition coefficient (Wildman–Crippen LogP) is 2.34. The van der Waals surface area contributed by atoms with Gasteiger partial charge in [-0.1, -0.05) is 11.6 Å². The standard InChI is InChI=1S/C12H14ClN3O2/c1-16-11(13)10(15-12(16)14)7-4-5-8(17-2)9(6-7)18-3/h4-6H,1-3H3,(H2,14,15). The molecule has 0 amide bonds. The summed E-state index contributed by atoms with van der Waals surface area (Å²) in [7, 11) is 4.92. The molecule has 0 radical (unpaired) electrons. The lowest BCUT2D eigenvalue weighted by atomic mass is 10.1. The number of benzene rings is 1. The van der Waals surface area contributed by atoms with Gasteiger partial charge in [-0.15, -0.1) is 0 Å². The van der Waals surface area contributed by atoms with E-state index >= 15 is 0 Å². The zero-order valence-corrected chi connectivity index (χ0v) is 11.2. The third-order valence-electron chi connectivity index (χ3n) is 2.72. The van der Waals surface area contributed by atoms with Crippen LogP contribution in [-0.2, 0) is 7.05 Å². The number of nitrogen functional groups attached to an aromatic ring is 1. The number of halogens is 1. The SMILES string of the molecule is COc1ccc(-c2nc(N)n(C)c2Cl)cc1OC. The number of anilines is 1. The van der Waals surface area contributed by atoms with Crippen LogP contribution in [-0.4, -0.2) is 23.8 Å². The molecule has 0 unspecified atom stereocenters. The van der Waals surface area contributed by atoms with Crippen LogP contribution in [0.2, 0.25) is 5.15 Å². The van der Waals surface area contributed by atoms with E-state index < -0.39 is 0 Å². The molecule has 2 aromatic rings. The van der Waals surface area contributed by atoms with Crippen LogP contribution in [0, 0.1) is 0 Å². The van der Waals surface area contributed by atoms with Crippen molar-refractivity contribution >= 4 is 17.5 Å². The fraction of sp³-hybridized carbons (Fsp3) is 0.250. The van der Waals surface area contributed by atoms with Crippen LogP contribution in [0.3, 0.4) is 0 Å². The minimum atomic E-state index is 0.366. The smallest absolute Gasteiger partial charge is 0.201 e. The van der Waals surface area contributed by atoms with Gasteiger partial charge in [0.05, 0.1) is 14.2 Å². The fourth-order valence-electron chi connectivity index (χ4n) is 1.66. The predicted molar refractivity (Wildman–Crippen MR) is 71.2 cm³/mol. The molecular formula is C12H14ClN3O2. The summed E-state index contributed by atoms with van der Waals surface area (Å²) in [4.78, 5) is 4.22. The van der Waals surface area contributed by atoms with Crippen molar-refractivity contribution in [1.82, 2.24) is 9.55 Å². The van der Waals surface area contributed by atoms with Gasteiger partial charge in [0, 0.05) is 12.6 Å². The van der Waals surface area contributed by atoms with E-state index in [1.54, 1.807) is 31.9 Å². The van der Waals surface area contributed by atoms with Crippen molar-refractivity contribution in [2.45, 2.75) is 0 Å². The van der Waals surface area contributed by atoms with Crippen LogP contribution in [0.4, 0.5) is 5.95 Å². The number of ether oxygens (including phenoxy) is 2. The van der Waals surface area contributed by atoms with Gasteiger partial charge < -0.3 is 19.8 Å². The lowest BCUT2D eigenvalue weighted by molar-refractivity contribution is 0.355. The van der Waals surface area contributed by atoms with E-state index in [-0.39, 0.29) is 0 Å². The largest absolute Gasteiger partial charge is 0.493 e. The number of nitrogens with zero attached hydrogens (tertiary/aromatic N) is 2. The Kier molecular flexibility index (Phi) is 3.34. The van der Waals surface area contributed by atoms with Crippen molar-refractivity contribution in [2.24, 2.45) is 7.05 Å². The topological polar surface area (TPSA) is 62.3 Å². The van der Waals surface area contributed by atoms with Gasteiger partial charge >= 0.3 is 0 Å². The van der Waals surface area contributed by atoms with Gasteiger partial charge in [0.1, 0.15) is 10.8 Å². The first kappa shape index (κ1) is 12.6. The molecule has 0 saturated heterocycles. The third-order valence-corrected chi connectivity index (χ3v) is 3.15. The Morgan fingerprint density at radius 1 is 1.22 bits per heavy atom. The molecule has 0 bridgehead atoms. The van der Waals surface area contributed by atoms with Crippen molar-refractivity contribution < 1.29 is 9.47 Å². The normalized spacial score (nSPS) is 10.4. The van der Waals surface area contributed by atoms with Crippen molar-refractivity contribution in [3.05, 3.63) is 23.4 Å². The van der Waals surface area contributed by atoms with E-state index in [1.165, 1.54) is 0 Å². The highest BCUT2D eigenvalue weighted by atomic mass is 35.5. The van der Waals surface area contributed by atoms with Crippen LogP contribution >= 0.6 is 11.6 Å². The number of methoxy groups -OCH3 is 2. The summed E-state index contributed by atoms with van der Waals surface area (Å²) in [5.41, 5.74) is 7.16. The Morgan fingerprint density at radius 2 is 1.89 bits per heavy atom. The van der Waals surface area contributed by atoms with Crippen molar-refractivity contribution in [1.29, 1.82) is 0 Å². The molecule has 0 aliphatic carbocycles. The van der Waals surface area contributed by atoms with Gasteiger partial charge in [-0.2, -0.15) is 0 Å². The second-order valence-electron chi connectivity index (χ2n) is 3.74. The average Bonchev–Trinajstić information content (AvgIpc) is 2.65. The summed E-state index contributed by atoms with van der Waals surface area (Å²) in [5.74, 6) is 1.64. The third kappa shape index (κ3) is 1.97. The van der Waals surface area contributed by atoms with E-state index in [0.717, 1.165) is 5.56 Å². The maximum Gasteiger partial charge on any atom is 0.201 e. The Labute approximate surface area is 110 Å². The van der Waals surface area contributed by atoms with E-state index in [9.17, 15) is 0 Å². The molecule has 18 heavy (non-hydrogen) atoms. The number of hydrogen-bond donors (Lipinski definition) is 1. The maximum absolute atomic E-state index is 6.17. The molecule has 0 fully saturated rings. The van der Waals surface area contributed by atoms with E-state index in [2.05, 4.69) is 4.98 Å². The number of rotatable bonds is 3. The van der Waals surface area contributed by atoms with Gasteiger partial charge in [0.25, 0.3) is 0 Å². The van der Waals surface area contributed by atoms with Gasteiger partial charge in [-0.05, 0) is 18.2 Å². The van der Waals surface area contributed by atoms with Crippen molar-refractivity contribution in [3.8, 4) is 22.8 Å². The Morgan fingerprint density at radius 3 is 2.39 bits per heavy atom. The number of aromatic nitrogens is 2. The second kappa shape index (κ2) is 4.78.